The van der Waals surface area contributed by atoms with Gasteiger partial charge in [-0.25, -0.2) is 4.79 Å². The van der Waals surface area contributed by atoms with Crippen LogP contribution < -0.4 is 5.32 Å². The predicted octanol–water partition coefficient (Wildman–Crippen LogP) is 2.85. The Morgan fingerprint density at radius 2 is 2.00 bits per heavy atom. The average Bonchev–Trinajstić information content (AvgIpc) is 3.04. The number of ether oxygens (including phenoxy) is 1. The van der Waals surface area contributed by atoms with Gasteiger partial charge in [-0.05, 0) is 30.4 Å². The van der Waals surface area contributed by atoms with Crippen LogP contribution in [-0.2, 0) is 16.0 Å². The summed E-state index contributed by atoms with van der Waals surface area (Å²) >= 11 is 0. The minimum absolute atomic E-state index is 0.172. The van der Waals surface area contributed by atoms with Gasteiger partial charge in [-0.2, -0.15) is 0 Å². The molecule has 1 unspecified atom stereocenters. The molecule has 22 heavy (non-hydrogen) atoms. The van der Waals surface area contributed by atoms with Gasteiger partial charge in [0.25, 0.3) is 5.91 Å². The maximum atomic E-state index is 12.2. The fraction of sp³-hybridized carbons (Fsp3) is 0.556. The summed E-state index contributed by atoms with van der Waals surface area (Å²) in [5.41, 5.74) is 1.47. The Bertz CT molecular complexity index is 549. The van der Waals surface area contributed by atoms with E-state index in [9.17, 15) is 9.59 Å². The van der Waals surface area contributed by atoms with Crippen LogP contribution in [0.15, 0.2) is 24.3 Å². The SMILES string of the molecule is O=C1OC(C(=O)NCCCC2CCCC2)Cc2ccccc21. The fourth-order valence-corrected chi connectivity index (χ4v) is 3.49. The molecule has 1 aromatic carbocycles. The van der Waals surface area contributed by atoms with E-state index in [-0.39, 0.29) is 5.91 Å². The molecule has 1 heterocycles. The van der Waals surface area contributed by atoms with Crippen LogP contribution >= 0.6 is 0 Å². The van der Waals surface area contributed by atoms with Gasteiger partial charge in [-0.1, -0.05) is 43.9 Å². The van der Waals surface area contributed by atoms with Crippen molar-refractivity contribution in [2.75, 3.05) is 6.54 Å². The van der Waals surface area contributed by atoms with Crippen LogP contribution in [-0.4, -0.2) is 24.5 Å². The second-order valence-corrected chi connectivity index (χ2v) is 6.34. The zero-order valence-corrected chi connectivity index (χ0v) is 12.8. The number of carbonyl (C=O) groups excluding carboxylic acids is 2. The molecule has 0 radical (unpaired) electrons. The van der Waals surface area contributed by atoms with Crippen LogP contribution in [0.3, 0.4) is 0 Å². The first kappa shape index (κ1) is 15.1. The number of carbonyl (C=O) groups is 2. The zero-order valence-electron chi connectivity index (χ0n) is 12.8. The molecule has 1 aliphatic heterocycles. The monoisotopic (exact) mass is 301 g/mol. The third-order valence-corrected chi connectivity index (χ3v) is 4.75. The van der Waals surface area contributed by atoms with Crippen molar-refractivity contribution in [3.8, 4) is 0 Å². The first-order valence-electron chi connectivity index (χ1n) is 8.30. The minimum atomic E-state index is -0.686. The molecule has 0 saturated heterocycles. The molecule has 1 aromatic rings. The summed E-state index contributed by atoms with van der Waals surface area (Å²) in [5.74, 6) is 0.276. The molecule has 0 aromatic heterocycles. The van der Waals surface area contributed by atoms with Gasteiger partial charge in [-0.15, -0.1) is 0 Å². The summed E-state index contributed by atoms with van der Waals surface area (Å²) in [6.45, 7) is 0.672. The second kappa shape index (κ2) is 6.95. The van der Waals surface area contributed by atoms with Crippen LogP contribution in [0.5, 0.6) is 0 Å². The molecular weight excluding hydrogens is 278 g/mol. The number of amides is 1. The lowest BCUT2D eigenvalue weighted by Gasteiger charge is -2.23. The molecule has 1 amide bonds. The van der Waals surface area contributed by atoms with Crippen LogP contribution in [0.4, 0.5) is 0 Å². The van der Waals surface area contributed by atoms with E-state index >= 15 is 0 Å². The van der Waals surface area contributed by atoms with Crippen LogP contribution in [0.25, 0.3) is 0 Å². The Balaban J connectivity index is 1.46. The van der Waals surface area contributed by atoms with E-state index in [1.807, 2.05) is 18.2 Å². The van der Waals surface area contributed by atoms with Gasteiger partial charge in [0.15, 0.2) is 6.10 Å². The van der Waals surface area contributed by atoms with Gasteiger partial charge in [0.1, 0.15) is 0 Å². The highest BCUT2D eigenvalue weighted by Gasteiger charge is 2.30. The summed E-state index contributed by atoms with van der Waals surface area (Å²) in [6.07, 6.45) is 7.37. The molecule has 0 bridgehead atoms. The summed E-state index contributed by atoms with van der Waals surface area (Å²) in [7, 11) is 0. The van der Waals surface area contributed by atoms with Crippen molar-refractivity contribution in [2.24, 2.45) is 5.92 Å². The van der Waals surface area contributed by atoms with E-state index in [1.54, 1.807) is 6.07 Å². The minimum Gasteiger partial charge on any atom is -0.448 e. The number of fused-ring (bicyclic) bond motifs is 1. The molecule has 1 fully saturated rings. The highest BCUT2D eigenvalue weighted by Crippen LogP contribution is 2.28. The van der Waals surface area contributed by atoms with Crippen molar-refractivity contribution >= 4 is 11.9 Å². The van der Waals surface area contributed by atoms with E-state index in [1.165, 1.54) is 32.1 Å². The predicted molar refractivity (Wildman–Crippen MR) is 83.6 cm³/mol. The van der Waals surface area contributed by atoms with Gasteiger partial charge < -0.3 is 10.1 Å². The number of benzene rings is 1. The van der Waals surface area contributed by atoms with Crippen LogP contribution in [0.2, 0.25) is 0 Å². The molecule has 118 valence electrons. The highest BCUT2D eigenvalue weighted by molar-refractivity contribution is 5.95. The molecule has 2 aliphatic rings. The van der Waals surface area contributed by atoms with Gasteiger partial charge >= 0.3 is 5.97 Å². The first-order chi connectivity index (χ1) is 10.7. The molecule has 1 N–H and O–H groups in total. The third-order valence-electron chi connectivity index (χ3n) is 4.75. The first-order valence-corrected chi connectivity index (χ1v) is 8.30. The van der Waals surface area contributed by atoms with Crippen molar-refractivity contribution in [3.63, 3.8) is 0 Å². The van der Waals surface area contributed by atoms with Crippen molar-refractivity contribution in [2.45, 2.75) is 51.0 Å². The van der Waals surface area contributed by atoms with Crippen molar-refractivity contribution in [1.29, 1.82) is 0 Å². The lowest BCUT2D eigenvalue weighted by Crippen LogP contribution is -2.42. The highest BCUT2D eigenvalue weighted by atomic mass is 16.5. The number of cyclic esters (lactones) is 1. The van der Waals surface area contributed by atoms with Gasteiger partial charge in [-0.3, -0.25) is 4.79 Å². The van der Waals surface area contributed by atoms with E-state index < -0.39 is 12.1 Å². The maximum absolute atomic E-state index is 12.2. The molecule has 1 atom stereocenters. The van der Waals surface area contributed by atoms with Gasteiger partial charge in [0.2, 0.25) is 0 Å². The summed E-state index contributed by atoms with van der Waals surface area (Å²) < 4.78 is 5.25. The molecular formula is C18H23NO3. The molecule has 4 heteroatoms. The Hall–Kier alpha value is -1.84. The lowest BCUT2D eigenvalue weighted by molar-refractivity contribution is -0.130. The Labute approximate surface area is 131 Å². The van der Waals surface area contributed by atoms with Crippen LogP contribution in [0, 0.1) is 5.92 Å². The number of hydrogen-bond acceptors (Lipinski definition) is 3. The second-order valence-electron chi connectivity index (χ2n) is 6.34. The van der Waals surface area contributed by atoms with E-state index in [0.717, 1.165) is 17.9 Å². The summed E-state index contributed by atoms with van der Waals surface area (Å²) in [4.78, 5) is 24.1. The largest absolute Gasteiger partial charge is 0.448 e. The third kappa shape index (κ3) is 3.49. The lowest BCUT2D eigenvalue weighted by atomic mass is 9.98. The quantitative estimate of drug-likeness (QED) is 0.672. The van der Waals surface area contributed by atoms with Crippen molar-refractivity contribution in [1.82, 2.24) is 5.32 Å². The molecule has 3 rings (SSSR count). The molecule has 4 nitrogen and oxygen atoms in total. The van der Waals surface area contributed by atoms with E-state index in [4.69, 9.17) is 4.74 Å². The molecule has 0 spiro atoms. The molecule has 1 aliphatic carbocycles. The summed E-state index contributed by atoms with van der Waals surface area (Å²) in [5, 5.41) is 2.91. The number of esters is 1. The maximum Gasteiger partial charge on any atom is 0.339 e. The van der Waals surface area contributed by atoms with E-state index in [0.29, 0.717) is 18.5 Å². The topological polar surface area (TPSA) is 55.4 Å². The van der Waals surface area contributed by atoms with Crippen molar-refractivity contribution < 1.29 is 14.3 Å². The standard InChI is InChI=1S/C18H23NO3/c20-17(19-11-5-8-13-6-1-2-7-13)16-12-14-9-3-4-10-15(14)18(21)22-16/h3-4,9-10,13,16H,1-2,5-8,11-12H2,(H,19,20). The number of nitrogens with one attached hydrogen (secondary N) is 1. The Morgan fingerprint density at radius 3 is 2.82 bits per heavy atom. The fourth-order valence-electron chi connectivity index (χ4n) is 3.49. The summed E-state index contributed by atoms with van der Waals surface area (Å²) in [6, 6.07) is 7.32. The van der Waals surface area contributed by atoms with Gasteiger partial charge in [0, 0.05) is 13.0 Å². The normalized spacial score (nSPS) is 21.3. The smallest absolute Gasteiger partial charge is 0.339 e. The van der Waals surface area contributed by atoms with Gasteiger partial charge in [0.05, 0.1) is 5.56 Å². The Kier molecular flexibility index (Phi) is 4.76. The van der Waals surface area contributed by atoms with E-state index in [2.05, 4.69) is 5.32 Å². The Morgan fingerprint density at radius 1 is 1.23 bits per heavy atom. The van der Waals surface area contributed by atoms with Crippen molar-refractivity contribution in [3.05, 3.63) is 35.4 Å². The molecule has 1 saturated carbocycles. The van der Waals surface area contributed by atoms with Crippen LogP contribution in [0.1, 0.15) is 54.4 Å². The number of rotatable bonds is 5. The zero-order chi connectivity index (χ0) is 15.4. The average molecular weight is 301 g/mol. The number of hydrogen-bond donors (Lipinski definition) is 1.